The minimum Gasteiger partial charge on any atom is -0.482 e. The van der Waals surface area contributed by atoms with Gasteiger partial charge >= 0.3 is 5.69 Å². The maximum absolute atomic E-state index is 12.2. The van der Waals surface area contributed by atoms with Gasteiger partial charge < -0.3 is 9.64 Å². The summed E-state index contributed by atoms with van der Waals surface area (Å²) in [5.74, 6) is -0.434. The summed E-state index contributed by atoms with van der Waals surface area (Å²) in [6.07, 6.45) is 1.17. The molecular formula is C20H18Cl2N6O4. The average molecular weight is 477 g/mol. The second-order valence-corrected chi connectivity index (χ2v) is 7.11. The highest BCUT2D eigenvalue weighted by molar-refractivity contribution is 6.35. The SMILES string of the molecule is CCN(c1ccccc1)c1ncnc(NNC(=O)COc2ccc(Cl)cc2Cl)c1[N+](=O)[O-]. The van der Waals surface area contributed by atoms with Crippen LogP contribution in [0.1, 0.15) is 6.92 Å². The van der Waals surface area contributed by atoms with Gasteiger partial charge in [-0.15, -0.1) is 0 Å². The molecule has 2 N–H and O–H groups in total. The zero-order valence-electron chi connectivity index (χ0n) is 16.8. The highest BCUT2D eigenvalue weighted by atomic mass is 35.5. The molecule has 0 unspecified atom stereocenters. The second kappa shape index (κ2) is 10.6. The first-order valence-electron chi connectivity index (χ1n) is 9.35. The highest BCUT2D eigenvalue weighted by Gasteiger charge is 2.27. The zero-order valence-corrected chi connectivity index (χ0v) is 18.3. The number of aromatic nitrogens is 2. The van der Waals surface area contributed by atoms with Gasteiger partial charge in [0.15, 0.2) is 6.61 Å². The van der Waals surface area contributed by atoms with Gasteiger partial charge in [0, 0.05) is 17.3 Å². The second-order valence-electron chi connectivity index (χ2n) is 6.27. The van der Waals surface area contributed by atoms with Crippen molar-refractivity contribution in [1.29, 1.82) is 0 Å². The van der Waals surface area contributed by atoms with Gasteiger partial charge in [0.1, 0.15) is 12.1 Å². The predicted molar refractivity (Wildman–Crippen MR) is 122 cm³/mol. The Morgan fingerprint density at radius 1 is 1.19 bits per heavy atom. The predicted octanol–water partition coefficient (Wildman–Crippen LogP) is 4.37. The summed E-state index contributed by atoms with van der Waals surface area (Å²) in [5, 5.41) is 12.5. The number of nitrogens with zero attached hydrogens (tertiary/aromatic N) is 4. The van der Waals surface area contributed by atoms with Crippen LogP contribution in [-0.4, -0.2) is 34.0 Å². The summed E-state index contributed by atoms with van der Waals surface area (Å²) in [4.78, 5) is 33.0. The molecule has 3 aromatic rings. The summed E-state index contributed by atoms with van der Waals surface area (Å²) in [6.45, 7) is 1.86. The van der Waals surface area contributed by atoms with Crippen molar-refractivity contribution >= 4 is 52.1 Å². The number of amides is 1. The summed E-state index contributed by atoms with van der Waals surface area (Å²) in [7, 11) is 0. The summed E-state index contributed by atoms with van der Waals surface area (Å²) < 4.78 is 5.34. The molecule has 0 fully saturated rings. The van der Waals surface area contributed by atoms with Crippen LogP contribution in [0.25, 0.3) is 0 Å². The molecule has 0 saturated heterocycles. The monoisotopic (exact) mass is 476 g/mol. The summed E-state index contributed by atoms with van der Waals surface area (Å²) in [5.41, 5.74) is 5.13. The van der Waals surface area contributed by atoms with E-state index in [0.717, 1.165) is 5.69 Å². The lowest BCUT2D eigenvalue weighted by atomic mass is 10.2. The van der Waals surface area contributed by atoms with Gasteiger partial charge in [-0.25, -0.2) is 9.97 Å². The number of hydrazine groups is 1. The molecule has 1 heterocycles. The molecule has 10 nitrogen and oxygen atoms in total. The third kappa shape index (κ3) is 5.54. The Morgan fingerprint density at radius 2 is 1.94 bits per heavy atom. The molecule has 0 radical (unpaired) electrons. The molecule has 1 amide bonds. The maximum Gasteiger partial charge on any atom is 0.355 e. The molecule has 0 aliphatic carbocycles. The van der Waals surface area contributed by atoms with Crippen LogP contribution in [0.3, 0.4) is 0 Å². The van der Waals surface area contributed by atoms with Gasteiger partial charge in [0.05, 0.1) is 9.95 Å². The Hall–Kier alpha value is -3.63. The number of halogens is 2. The molecule has 2 aromatic carbocycles. The lowest BCUT2D eigenvalue weighted by molar-refractivity contribution is -0.383. The Labute approximate surface area is 193 Å². The minimum absolute atomic E-state index is 0.0830. The molecule has 0 aliphatic rings. The third-order valence-corrected chi connectivity index (χ3v) is 4.73. The van der Waals surface area contributed by atoms with Gasteiger partial charge in [-0.05, 0) is 37.3 Å². The van der Waals surface area contributed by atoms with Gasteiger partial charge in [-0.3, -0.25) is 25.8 Å². The topological polar surface area (TPSA) is 123 Å². The molecule has 0 spiro atoms. The molecular weight excluding hydrogens is 459 g/mol. The molecule has 3 rings (SSSR count). The Morgan fingerprint density at radius 3 is 2.59 bits per heavy atom. The van der Waals surface area contributed by atoms with Gasteiger partial charge in [0.25, 0.3) is 5.91 Å². The molecule has 32 heavy (non-hydrogen) atoms. The lowest BCUT2D eigenvalue weighted by Gasteiger charge is -2.22. The van der Waals surface area contributed by atoms with Crippen LogP contribution in [0.4, 0.5) is 23.0 Å². The van der Waals surface area contributed by atoms with E-state index in [-0.39, 0.29) is 28.1 Å². The number of rotatable bonds is 9. The standard InChI is InChI=1S/C20H18Cl2N6O4/c1-2-27(14-6-4-3-5-7-14)20-18(28(30)31)19(23-12-24-20)26-25-17(29)11-32-16-9-8-13(21)10-15(16)22/h3-10,12H,2,11H2,1H3,(H,25,29)(H,23,24,26). The van der Waals surface area contributed by atoms with Crippen molar-refractivity contribution in [3.8, 4) is 5.75 Å². The van der Waals surface area contributed by atoms with E-state index in [1.807, 2.05) is 37.3 Å². The van der Waals surface area contributed by atoms with Crippen LogP contribution in [0.15, 0.2) is 54.9 Å². The first kappa shape index (κ1) is 23.0. The normalized spacial score (nSPS) is 10.3. The number of para-hydroxylation sites is 1. The van der Waals surface area contributed by atoms with Gasteiger partial charge in [-0.1, -0.05) is 41.4 Å². The fraction of sp³-hybridized carbons (Fsp3) is 0.150. The molecule has 0 saturated carbocycles. The van der Waals surface area contributed by atoms with Crippen molar-refractivity contribution in [2.24, 2.45) is 0 Å². The summed E-state index contributed by atoms with van der Waals surface area (Å²) in [6, 6.07) is 13.7. The number of hydrogen-bond acceptors (Lipinski definition) is 8. The summed E-state index contributed by atoms with van der Waals surface area (Å²) >= 11 is 11.8. The van der Waals surface area contributed by atoms with Crippen molar-refractivity contribution in [3.05, 3.63) is 75.0 Å². The first-order chi connectivity index (χ1) is 15.4. The molecule has 1 aromatic heterocycles. The number of carbonyl (C=O) groups excluding carboxylic acids is 1. The number of nitrogens with one attached hydrogen (secondary N) is 2. The van der Waals surface area contributed by atoms with Crippen molar-refractivity contribution in [1.82, 2.24) is 15.4 Å². The zero-order chi connectivity index (χ0) is 23.1. The van der Waals surface area contributed by atoms with Gasteiger partial charge in [0.2, 0.25) is 11.6 Å². The Kier molecular flexibility index (Phi) is 7.63. The average Bonchev–Trinajstić information content (AvgIpc) is 2.78. The largest absolute Gasteiger partial charge is 0.482 e. The number of benzene rings is 2. The van der Waals surface area contributed by atoms with Crippen molar-refractivity contribution in [3.63, 3.8) is 0 Å². The maximum atomic E-state index is 12.2. The minimum atomic E-state index is -0.612. The molecule has 12 heteroatoms. The Balaban J connectivity index is 1.74. The number of ether oxygens (including phenoxy) is 1. The van der Waals surface area contributed by atoms with E-state index >= 15 is 0 Å². The Bertz CT molecular complexity index is 1120. The quantitative estimate of drug-likeness (QED) is 0.344. The number of carbonyl (C=O) groups is 1. The van der Waals surface area contributed by atoms with Crippen molar-refractivity contribution in [2.45, 2.75) is 6.92 Å². The van der Waals surface area contributed by atoms with Crippen molar-refractivity contribution in [2.75, 3.05) is 23.5 Å². The van der Waals surface area contributed by atoms with Crippen LogP contribution in [-0.2, 0) is 4.79 Å². The fourth-order valence-corrected chi connectivity index (χ4v) is 3.25. The molecule has 0 atom stereocenters. The molecule has 166 valence electrons. The van der Waals surface area contributed by atoms with Crippen LogP contribution in [0.5, 0.6) is 5.75 Å². The van der Waals surface area contributed by atoms with Crippen LogP contribution in [0, 0.1) is 10.1 Å². The van der Waals surface area contributed by atoms with E-state index in [1.54, 1.807) is 11.0 Å². The number of hydrogen-bond donors (Lipinski definition) is 2. The molecule has 0 bridgehead atoms. The first-order valence-corrected chi connectivity index (χ1v) is 10.1. The fourth-order valence-electron chi connectivity index (χ4n) is 2.79. The van der Waals surface area contributed by atoms with E-state index in [9.17, 15) is 14.9 Å². The van der Waals surface area contributed by atoms with Crippen LogP contribution < -0.4 is 20.5 Å². The number of anilines is 3. The van der Waals surface area contributed by atoms with E-state index in [1.165, 1.54) is 18.5 Å². The van der Waals surface area contributed by atoms with E-state index < -0.39 is 17.4 Å². The third-order valence-electron chi connectivity index (χ3n) is 4.20. The van der Waals surface area contributed by atoms with Crippen LogP contribution in [0.2, 0.25) is 10.0 Å². The van der Waals surface area contributed by atoms with Crippen molar-refractivity contribution < 1.29 is 14.5 Å². The van der Waals surface area contributed by atoms with E-state index in [4.69, 9.17) is 27.9 Å². The highest BCUT2D eigenvalue weighted by Crippen LogP contribution is 2.35. The number of nitro groups is 1. The lowest BCUT2D eigenvalue weighted by Crippen LogP contribution is -2.34. The molecule has 0 aliphatic heterocycles. The van der Waals surface area contributed by atoms with E-state index in [2.05, 4.69) is 20.8 Å². The smallest absolute Gasteiger partial charge is 0.355 e. The van der Waals surface area contributed by atoms with Crippen LogP contribution >= 0.6 is 23.2 Å². The van der Waals surface area contributed by atoms with E-state index in [0.29, 0.717) is 11.6 Å². The van der Waals surface area contributed by atoms with Gasteiger partial charge in [-0.2, -0.15) is 0 Å².